The van der Waals surface area contributed by atoms with Gasteiger partial charge in [0, 0.05) is 19.6 Å². The molecule has 0 saturated carbocycles. The average Bonchev–Trinajstić information content (AvgIpc) is 3.24. The highest BCUT2D eigenvalue weighted by molar-refractivity contribution is 7.47. The van der Waals surface area contributed by atoms with E-state index in [1.165, 1.54) is 89.9 Å². The zero-order valence-corrected chi connectivity index (χ0v) is 39.3. The van der Waals surface area contributed by atoms with E-state index in [0.29, 0.717) is 13.0 Å². The zero-order chi connectivity index (χ0) is 43.7. The standard InChI is InChI=1S/C51H90NO7P/c1-3-5-7-9-11-13-15-17-19-21-23-24-25-27-29-31-33-35-37-39-41-43-46-56-48-50(49-58-60(54,55)57-47-45-52)59-51(53)44-42-40-38-36-34-32-30-28-26-22-20-18-16-14-12-10-8-6-4-2/h5,7,11-14,17-20,23-24,27,29,50H,3-4,6,8-10,15-16,21-22,25-26,28,30-49,52H2,1-2H3,(H,54,55)/b7-5-,13-11-,14-12-,19-17-,20-18-,24-23-,29-27-. The van der Waals surface area contributed by atoms with Gasteiger partial charge in [0.1, 0.15) is 6.10 Å². The van der Waals surface area contributed by atoms with E-state index in [2.05, 4.69) is 98.9 Å². The van der Waals surface area contributed by atoms with Gasteiger partial charge >= 0.3 is 13.8 Å². The van der Waals surface area contributed by atoms with Crippen molar-refractivity contribution in [1.82, 2.24) is 0 Å². The lowest BCUT2D eigenvalue weighted by atomic mass is 10.1. The number of unbranched alkanes of at least 4 members (excludes halogenated alkanes) is 18. The molecule has 0 heterocycles. The summed E-state index contributed by atoms with van der Waals surface area (Å²) in [5.74, 6) is -0.343. The van der Waals surface area contributed by atoms with Crippen molar-refractivity contribution in [2.75, 3.05) is 33.0 Å². The van der Waals surface area contributed by atoms with Gasteiger partial charge in [-0.15, -0.1) is 0 Å². The molecule has 0 fully saturated rings. The second-order valence-corrected chi connectivity index (χ2v) is 17.0. The number of hydrogen-bond acceptors (Lipinski definition) is 7. The second kappa shape index (κ2) is 47.7. The number of carbonyl (C=O) groups excluding carboxylic acids is 1. The summed E-state index contributed by atoms with van der Waals surface area (Å²) >= 11 is 0. The molecule has 2 unspecified atom stereocenters. The summed E-state index contributed by atoms with van der Waals surface area (Å²) in [5, 5.41) is 0. The van der Waals surface area contributed by atoms with Crippen molar-refractivity contribution in [2.45, 2.75) is 200 Å². The maximum atomic E-state index is 12.6. The molecule has 0 aliphatic carbocycles. The highest BCUT2D eigenvalue weighted by atomic mass is 31.2. The molecule has 0 aliphatic heterocycles. The Morgan fingerprint density at radius 1 is 0.517 bits per heavy atom. The molecule has 0 aromatic rings. The average molecular weight is 860 g/mol. The summed E-state index contributed by atoms with van der Waals surface area (Å²) in [6, 6.07) is 0. The van der Waals surface area contributed by atoms with Crippen LogP contribution in [0.3, 0.4) is 0 Å². The van der Waals surface area contributed by atoms with Crippen LogP contribution in [0.1, 0.15) is 194 Å². The lowest BCUT2D eigenvalue weighted by Gasteiger charge is -2.20. The lowest BCUT2D eigenvalue weighted by molar-refractivity contribution is -0.154. The summed E-state index contributed by atoms with van der Waals surface area (Å²) in [4.78, 5) is 22.6. The van der Waals surface area contributed by atoms with Crippen LogP contribution in [0, 0.1) is 0 Å². The van der Waals surface area contributed by atoms with Crippen LogP contribution in [-0.4, -0.2) is 49.9 Å². The lowest BCUT2D eigenvalue weighted by Crippen LogP contribution is -2.28. The van der Waals surface area contributed by atoms with Crippen molar-refractivity contribution < 1.29 is 32.8 Å². The first-order chi connectivity index (χ1) is 29.4. The van der Waals surface area contributed by atoms with Gasteiger partial charge in [-0.25, -0.2) is 4.57 Å². The fraction of sp³-hybridized carbons (Fsp3) is 0.706. The molecule has 0 radical (unpaired) electrons. The molecule has 0 aromatic heterocycles. The van der Waals surface area contributed by atoms with Crippen LogP contribution in [0.2, 0.25) is 0 Å². The SMILES string of the molecule is CC/C=C\C/C=C\C/C=C\C/C=C\C/C=C\CCCCCCCCOCC(COP(=O)(O)OCCN)OC(=O)CCCCCCCCCCC/C=C\C/C=C\CCCCC. The molecule has 0 aromatic carbocycles. The number of carbonyl (C=O) groups is 1. The first kappa shape index (κ1) is 57.7. The molecule has 0 rings (SSSR count). The molecule has 0 bridgehead atoms. The van der Waals surface area contributed by atoms with E-state index in [9.17, 15) is 14.3 Å². The summed E-state index contributed by atoms with van der Waals surface area (Å²) in [5.41, 5.74) is 5.38. The first-order valence-electron chi connectivity index (χ1n) is 24.1. The van der Waals surface area contributed by atoms with Gasteiger partial charge in [-0.2, -0.15) is 0 Å². The van der Waals surface area contributed by atoms with Crippen LogP contribution in [0.25, 0.3) is 0 Å². The minimum absolute atomic E-state index is 0.0926. The monoisotopic (exact) mass is 860 g/mol. The Morgan fingerprint density at radius 3 is 1.40 bits per heavy atom. The van der Waals surface area contributed by atoms with Crippen molar-refractivity contribution in [3.63, 3.8) is 0 Å². The maximum absolute atomic E-state index is 12.6. The molecule has 9 heteroatoms. The highest BCUT2D eigenvalue weighted by Gasteiger charge is 2.25. The van der Waals surface area contributed by atoms with Crippen LogP contribution in [0.15, 0.2) is 85.1 Å². The third-order valence-corrected chi connectivity index (χ3v) is 10.8. The number of nitrogens with two attached hydrogens (primary N) is 1. The van der Waals surface area contributed by atoms with Crippen molar-refractivity contribution in [1.29, 1.82) is 0 Å². The number of esters is 1. The summed E-state index contributed by atoms with van der Waals surface area (Å²) in [7, 11) is -4.29. The first-order valence-corrected chi connectivity index (χ1v) is 25.6. The molecule has 0 spiro atoms. The van der Waals surface area contributed by atoms with E-state index in [0.717, 1.165) is 83.5 Å². The van der Waals surface area contributed by atoms with E-state index in [4.69, 9.17) is 24.3 Å². The van der Waals surface area contributed by atoms with E-state index in [-0.39, 0.29) is 32.3 Å². The number of rotatable bonds is 45. The Kier molecular flexibility index (Phi) is 45.9. The van der Waals surface area contributed by atoms with Crippen molar-refractivity contribution >= 4 is 13.8 Å². The molecule has 60 heavy (non-hydrogen) atoms. The predicted octanol–water partition coefficient (Wildman–Crippen LogP) is 14.9. The molecular formula is C51H90NO7P. The smallest absolute Gasteiger partial charge is 0.457 e. The summed E-state index contributed by atoms with van der Waals surface area (Å²) < 4.78 is 33.5. The van der Waals surface area contributed by atoms with Gasteiger partial charge in [0.25, 0.3) is 0 Å². The number of allylic oxidation sites excluding steroid dienone is 14. The number of phosphoric acid groups is 1. The summed E-state index contributed by atoms with van der Waals surface area (Å²) in [6.45, 7) is 4.74. The minimum atomic E-state index is -4.29. The van der Waals surface area contributed by atoms with Gasteiger partial charge in [0.15, 0.2) is 0 Å². The Bertz CT molecular complexity index is 1190. The fourth-order valence-corrected chi connectivity index (χ4v) is 7.05. The molecule has 0 aliphatic rings. The molecule has 3 N–H and O–H groups in total. The molecule has 2 atom stereocenters. The normalized spacial score (nSPS) is 14.1. The second-order valence-electron chi connectivity index (χ2n) is 15.6. The number of phosphoric ester groups is 1. The zero-order valence-electron chi connectivity index (χ0n) is 38.4. The third kappa shape index (κ3) is 46.7. The van der Waals surface area contributed by atoms with Gasteiger partial charge in [-0.1, -0.05) is 182 Å². The van der Waals surface area contributed by atoms with E-state index in [1.54, 1.807) is 0 Å². The molecule has 8 nitrogen and oxygen atoms in total. The van der Waals surface area contributed by atoms with Crippen LogP contribution in [-0.2, 0) is 27.9 Å². The van der Waals surface area contributed by atoms with Crippen molar-refractivity contribution in [3.8, 4) is 0 Å². The Morgan fingerprint density at radius 2 is 0.933 bits per heavy atom. The molecule has 346 valence electrons. The predicted molar refractivity (Wildman–Crippen MR) is 256 cm³/mol. The minimum Gasteiger partial charge on any atom is -0.457 e. The van der Waals surface area contributed by atoms with Gasteiger partial charge in [-0.05, 0) is 89.9 Å². The van der Waals surface area contributed by atoms with E-state index < -0.39 is 13.9 Å². The van der Waals surface area contributed by atoms with Crippen LogP contribution >= 0.6 is 7.82 Å². The van der Waals surface area contributed by atoms with Crippen LogP contribution in [0.4, 0.5) is 0 Å². The Balaban J connectivity index is 4.04. The van der Waals surface area contributed by atoms with E-state index in [1.807, 2.05) is 0 Å². The van der Waals surface area contributed by atoms with Gasteiger partial charge < -0.3 is 20.1 Å². The Hall–Kier alpha value is -2.32. The van der Waals surface area contributed by atoms with Crippen molar-refractivity contribution in [3.05, 3.63) is 85.1 Å². The van der Waals surface area contributed by atoms with Crippen LogP contribution < -0.4 is 5.73 Å². The van der Waals surface area contributed by atoms with Gasteiger partial charge in [0.05, 0.1) is 19.8 Å². The van der Waals surface area contributed by atoms with Crippen LogP contribution in [0.5, 0.6) is 0 Å². The Labute approximate surface area is 368 Å². The third-order valence-electron chi connectivity index (χ3n) is 9.80. The maximum Gasteiger partial charge on any atom is 0.472 e. The van der Waals surface area contributed by atoms with Crippen molar-refractivity contribution in [2.24, 2.45) is 5.73 Å². The molecular weight excluding hydrogens is 770 g/mol. The highest BCUT2D eigenvalue weighted by Crippen LogP contribution is 2.43. The fourth-order valence-electron chi connectivity index (χ4n) is 6.29. The summed E-state index contributed by atoms with van der Waals surface area (Å²) in [6.07, 6.45) is 61.7. The van der Waals surface area contributed by atoms with E-state index >= 15 is 0 Å². The van der Waals surface area contributed by atoms with Gasteiger partial charge in [-0.3, -0.25) is 13.8 Å². The molecule has 0 amide bonds. The topological polar surface area (TPSA) is 117 Å². The molecule has 0 saturated heterocycles. The largest absolute Gasteiger partial charge is 0.472 e. The quantitative estimate of drug-likeness (QED) is 0.0269. The number of ether oxygens (including phenoxy) is 2. The van der Waals surface area contributed by atoms with Gasteiger partial charge in [0.2, 0.25) is 0 Å². The number of hydrogen-bond donors (Lipinski definition) is 2.